The Morgan fingerprint density at radius 2 is 0.906 bits per heavy atom. The monoisotopic (exact) mass is 496 g/mol. The minimum absolute atomic E-state index is 0. The van der Waals surface area contributed by atoms with E-state index in [1.54, 1.807) is 0 Å². The molecule has 7 nitrogen and oxygen atoms in total. The molecule has 32 heavy (non-hydrogen) atoms. The molecule has 0 bridgehead atoms. The number of carbonyl (C=O) groups excluding carboxylic acids is 2. The average Bonchev–Trinajstić information content (AvgIpc) is 2.66. The smallest absolute Gasteiger partial charge is 0.550 e. The Hall–Kier alpha value is 0.850. The van der Waals surface area contributed by atoms with Crippen molar-refractivity contribution in [2.24, 2.45) is 0 Å². The van der Waals surface area contributed by atoms with Crippen molar-refractivity contribution in [3.05, 3.63) is 0 Å². The van der Waals surface area contributed by atoms with Crippen LogP contribution in [0.3, 0.4) is 0 Å². The Bertz CT molecular complexity index is 512. The number of hydrogen-bond donors (Lipinski definition) is 1. The van der Waals surface area contributed by atoms with Gasteiger partial charge < -0.3 is 19.8 Å². The Kier molecular flexibility index (Phi) is 35.1. The summed E-state index contributed by atoms with van der Waals surface area (Å²) in [6, 6.07) is 0. The predicted octanol–water partition coefficient (Wildman–Crippen LogP) is -2.59. The maximum atomic E-state index is 10.2. The van der Waals surface area contributed by atoms with Crippen molar-refractivity contribution in [2.75, 3.05) is 0 Å². The average molecular weight is 497 g/mol. The summed E-state index contributed by atoms with van der Waals surface area (Å²) in [5.74, 6) is -4.08. The SMILES string of the molecule is CCCCCCCCCCCCCCCCCC.O=C([O-])CC(C(=O)[O-])S(=O)(=O)O.[Na+].[Na+]. The summed E-state index contributed by atoms with van der Waals surface area (Å²) in [4.78, 5) is 19.7. The number of unbranched alkanes of at least 4 members (excludes halogenated alkanes) is 15. The molecule has 1 N–H and O–H groups in total. The summed E-state index contributed by atoms with van der Waals surface area (Å²) >= 11 is 0. The van der Waals surface area contributed by atoms with E-state index < -0.39 is 33.7 Å². The molecular weight excluding hydrogens is 454 g/mol. The van der Waals surface area contributed by atoms with Gasteiger partial charge in [-0.25, -0.2) is 0 Å². The van der Waals surface area contributed by atoms with E-state index >= 15 is 0 Å². The van der Waals surface area contributed by atoms with Gasteiger partial charge in [0.05, 0.1) is 5.97 Å². The number of aliphatic carboxylic acids is 2. The number of carboxylic acid groups (broad SMARTS) is 2. The van der Waals surface area contributed by atoms with E-state index in [2.05, 4.69) is 13.8 Å². The first-order chi connectivity index (χ1) is 14.2. The zero-order valence-corrected chi connectivity index (χ0v) is 25.7. The molecular formula is C22H42Na2O7S. The van der Waals surface area contributed by atoms with Gasteiger partial charge in [0.25, 0.3) is 10.1 Å². The third-order valence-electron chi connectivity index (χ3n) is 4.93. The standard InChI is InChI=1S/C18H38.C4H6O7S.2Na/c1-3-5-7-9-11-13-15-17-18-16-14-12-10-8-6-4-2;5-3(6)1-2(4(7)8)12(9,10)11;;/h3-18H2,1-2H3;2H,1H2,(H,5,6)(H,7,8)(H,9,10,11);;/q;;2*+1/p-2. The van der Waals surface area contributed by atoms with Gasteiger partial charge in [-0.3, -0.25) is 4.55 Å². The first-order valence-corrected chi connectivity index (χ1v) is 13.0. The van der Waals surface area contributed by atoms with E-state index in [4.69, 9.17) is 4.55 Å². The van der Waals surface area contributed by atoms with Crippen LogP contribution in [0.2, 0.25) is 0 Å². The van der Waals surface area contributed by atoms with Gasteiger partial charge in [-0.05, 0) is 0 Å². The molecule has 0 amide bonds. The first kappa shape index (κ1) is 40.0. The Labute approximate surface area is 240 Å². The maximum absolute atomic E-state index is 10.2. The molecule has 0 spiro atoms. The molecule has 0 aliphatic rings. The number of carboxylic acids is 2. The molecule has 0 saturated carbocycles. The first-order valence-electron chi connectivity index (χ1n) is 11.5. The zero-order chi connectivity index (χ0) is 23.3. The fourth-order valence-electron chi connectivity index (χ4n) is 3.08. The molecule has 0 aromatic carbocycles. The van der Waals surface area contributed by atoms with Crippen LogP contribution in [0.1, 0.15) is 123 Å². The third kappa shape index (κ3) is 30.9. The summed E-state index contributed by atoms with van der Waals surface area (Å²) in [6.45, 7) is 4.59. The molecule has 1 atom stereocenters. The summed E-state index contributed by atoms with van der Waals surface area (Å²) in [5.41, 5.74) is 0. The second-order valence-electron chi connectivity index (χ2n) is 7.85. The van der Waals surface area contributed by atoms with Gasteiger partial charge in [0, 0.05) is 12.4 Å². The van der Waals surface area contributed by atoms with Crippen LogP contribution in [-0.4, -0.2) is 30.2 Å². The van der Waals surface area contributed by atoms with Crippen molar-refractivity contribution in [3.63, 3.8) is 0 Å². The summed E-state index contributed by atoms with van der Waals surface area (Å²) < 4.78 is 28.5. The van der Waals surface area contributed by atoms with Gasteiger partial charge in [-0.2, -0.15) is 8.42 Å². The van der Waals surface area contributed by atoms with Gasteiger partial charge in [0.15, 0.2) is 0 Å². The van der Waals surface area contributed by atoms with Crippen LogP contribution < -0.4 is 69.3 Å². The Morgan fingerprint density at radius 1 is 0.656 bits per heavy atom. The largest absolute Gasteiger partial charge is 1.00 e. The van der Waals surface area contributed by atoms with Crippen molar-refractivity contribution in [2.45, 2.75) is 128 Å². The van der Waals surface area contributed by atoms with E-state index in [1.165, 1.54) is 103 Å². The molecule has 180 valence electrons. The van der Waals surface area contributed by atoms with Crippen LogP contribution in [-0.2, 0) is 19.7 Å². The summed E-state index contributed by atoms with van der Waals surface area (Å²) in [5, 5.41) is 17.3. The molecule has 0 aromatic rings. The van der Waals surface area contributed by atoms with Crippen molar-refractivity contribution < 1.29 is 91.9 Å². The fourth-order valence-corrected chi connectivity index (χ4v) is 3.67. The minimum Gasteiger partial charge on any atom is -0.550 e. The summed E-state index contributed by atoms with van der Waals surface area (Å²) in [6.07, 6.45) is 22.1. The predicted molar refractivity (Wildman–Crippen MR) is 115 cm³/mol. The summed E-state index contributed by atoms with van der Waals surface area (Å²) in [7, 11) is -4.94. The van der Waals surface area contributed by atoms with Gasteiger partial charge in [-0.15, -0.1) is 0 Å². The van der Waals surface area contributed by atoms with Gasteiger partial charge in [0.2, 0.25) is 0 Å². The zero-order valence-electron chi connectivity index (χ0n) is 20.9. The maximum Gasteiger partial charge on any atom is 1.00 e. The van der Waals surface area contributed by atoms with E-state index in [-0.39, 0.29) is 59.1 Å². The molecule has 0 heterocycles. The fraction of sp³-hybridized carbons (Fsp3) is 0.909. The van der Waals surface area contributed by atoms with Crippen molar-refractivity contribution >= 4 is 22.1 Å². The Balaban J connectivity index is -0.000000247. The molecule has 1 unspecified atom stereocenters. The van der Waals surface area contributed by atoms with E-state index in [0.29, 0.717) is 0 Å². The van der Waals surface area contributed by atoms with Gasteiger partial charge in [-0.1, -0.05) is 117 Å². The van der Waals surface area contributed by atoms with Gasteiger partial charge in [0.1, 0.15) is 5.25 Å². The molecule has 0 aliphatic carbocycles. The van der Waals surface area contributed by atoms with E-state index in [0.717, 1.165) is 0 Å². The topological polar surface area (TPSA) is 135 Å². The van der Waals surface area contributed by atoms with Crippen LogP contribution in [0.5, 0.6) is 0 Å². The van der Waals surface area contributed by atoms with E-state index in [9.17, 15) is 28.2 Å². The third-order valence-corrected chi connectivity index (χ3v) is 6.01. The van der Waals surface area contributed by atoms with Crippen molar-refractivity contribution in [1.29, 1.82) is 0 Å². The second kappa shape index (κ2) is 28.1. The molecule has 0 aliphatic heterocycles. The van der Waals surface area contributed by atoms with Crippen LogP contribution in [0.15, 0.2) is 0 Å². The second-order valence-corrected chi connectivity index (χ2v) is 9.45. The Morgan fingerprint density at radius 3 is 1.03 bits per heavy atom. The van der Waals surface area contributed by atoms with Gasteiger partial charge >= 0.3 is 59.1 Å². The quantitative estimate of drug-likeness (QED) is 0.118. The van der Waals surface area contributed by atoms with Crippen molar-refractivity contribution in [3.8, 4) is 0 Å². The van der Waals surface area contributed by atoms with Crippen LogP contribution in [0.4, 0.5) is 0 Å². The molecule has 0 saturated heterocycles. The number of carbonyl (C=O) groups is 2. The molecule has 0 aromatic heterocycles. The van der Waals surface area contributed by atoms with Crippen LogP contribution in [0.25, 0.3) is 0 Å². The number of hydrogen-bond acceptors (Lipinski definition) is 6. The minimum atomic E-state index is -4.94. The van der Waals surface area contributed by atoms with Crippen molar-refractivity contribution in [1.82, 2.24) is 0 Å². The normalized spacial score (nSPS) is 11.3. The van der Waals surface area contributed by atoms with E-state index in [1.807, 2.05) is 0 Å². The van der Waals surface area contributed by atoms with Crippen LogP contribution in [0, 0.1) is 0 Å². The van der Waals surface area contributed by atoms with Crippen LogP contribution >= 0.6 is 0 Å². The molecule has 0 radical (unpaired) electrons. The molecule has 10 heteroatoms. The molecule has 0 fully saturated rings. The number of rotatable bonds is 19. The molecule has 0 rings (SSSR count).